The Morgan fingerprint density at radius 2 is 2.08 bits per heavy atom. The molecule has 0 fully saturated rings. The van der Waals surface area contributed by atoms with Gasteiger partial charge in [0.05, 0.1) is 28.4 Å². The molecule has 0 aliphatic carbocycles. The molecular formula is C20H21N5O. The Morgan fingerprint density at radius 3 is 2.92 bits per heavy atom. The van der Waals surface area contributed by atoms with Gasteiger partial charge < -0.3 is 14.9 Å². The normalized spacial score (nSPS) is 12.5. The molecule has 26 heavy (non-hydrogen) atoms. The van der Waals surface area contributed by atoms with Crippen LogP contribution in [0.25, 0.3) is 22.1 Å². The molecule has 4 rings (SSSR count). The van der Waals surface area contributed by atoms with Crippen LogP contribution in [0.2, 0.25) is 0 Å². The highest BCUT2D eigenvalue weighted by molar-refractivity contribution is 5.83. The number of fused-ring (bicyclic) bond motifs is 2. The lowest BCUT2D eigenvalue weighted by Crippen LogP contribution is -2.32. The number of carbonyl (C=O) groups excluding carboxylic acids is 1. The lowest BCUT2D eigenvalue weighted by atomic mass is 10.2. The first-order chi connectivity index (χ1) is 12.6. The maximum absolute atomic E-state index is 12.5. The maximum atomic E-state index is 12.5. The topological polar surface area (TPSA) is 75.6 Å². The first-order valence-electron chi connectivity index (χ1n) is 8.77. The zero-order valence-corrected chi connectivity index (χ0v) is 14.9. The molecule has 0 saturated carbocycles. The minimum absolute atomic E-state index is 0.0274. The number of H-pyrrole nitrogens is 1. The van der Waals surface area contributed by atoms with Crippen LogP contribution in [0.5, 0.6) is 0 Å². The van der Waals surface area contributed by atoms with Gasteiger partial charge in [-0.05, 0) is 37.6 Å². The summed E-state index contributed by atoms with van der Waals surface area (Å²) < 4.78 is 1.90. The average molecular weight is 347 g/mol. The third-order valence-corrected chi connectivity index (χ3v) is 4.70. The van der Waals surface area contributed by atoms with Gasteiger partial charge in [-0.15, -0.1) is 0 Å². The number of aromatic amines is 1. The molecule has 0 aliphatic heterocycles. The molecule has 0 radical (unpaired) electrons. The van der Waals surface area contributed by atoms with Gasteiger partial charge in [0.1, 0.15) is 11.9 Å². The number of aryl methyl sites for hydroxylation is 1. The summed E-state index contributed by atoms with van der Waals surface area (Å²) in [5, 5.41) is 3.00. The molecule has 1 atom stereocenters. The third-order valence-electron chi connectivity index (χ3n) is 4.70. The number of carbonyl (C=O) groups is 1. The number of benzene rings is 2. The molecule has 6 heteroatoms. The van der Waals surface area contributed by atoms with Crippen molar-refractivity contribution in [1.82, 2.24) is 24.8 Å². The molecule has 132 valence electrons. The van der Waals surface area contributed by atoms with E-state index in [0.717, 1.165) is 33.5 Å². The minimum atomic E-state index is -0.319. The predicted molar refractivity (Wildman–Crippen MR) is 102 cm³/mol. The Bertz CT molecular complexity index is 1080. The second-order valence-electron chi connectivity index (χ2n) is 6.51. The van der Waals surface area contributed by atoms with Crippen LogP contribution in [0.4, 0.5) is 0 Å². The van der Waals surface area contributed by atoms with Gasteiger partial charge >= 0.3 is 0 Å². The van der Waals surface area contributed by atoms with Gasteiger partial charge in [0.15, 0.2) is 0 Å². The molecule has 0 saturated heterocycles. The highest BCUT2D eigenvalue weighted by atomic mass is 16.2. The van der Waals surface area contributed by atoms with Crippen LogP contribution in [0, 0.1) is 6.92 Å². The first kappa shape index (κ1) is 16.3. The van der Waals surface area contributed by atoms with Gasteiger partial charge in [0.2, 0.25) is 5.91 Å². The van der Waals surface area contributed by atoms with Gasteiger partial charge in [0.25, 0.3) is 0 Å². The molecule has 0 bridgehead atoms. The van der Waals surface area contributed by atoms with E-state index in [1.165, 1.54) is 0 Å². The van der Waals surface area contributed by atoms with E-state index in [9.17, 15) is 4.79 Å². The van der Waals surface area contributed by atoms with Crippen molar-refractivity contribution in [3.05, 3.63) is 60.2 Å². The van der Waals surface area contributed by atoms with Crippen LogP contribution in [-0.2, 0) is 11.2 Å². The van der Waals surface area contributed by atoms with E-state index in [0.29, 0.717) is 13.0 Å². The number of nitrogens with one attached hydrogen (secondary N) is 2. The number of amides is 1. The van der Waals surface area contributed by atoms with Crippen LogP contribution >= 0.6 is 0 Å². The number of hydrogen-bond acceptors (Lipinski definition) is 3. The average Bonchev–Trinajstić information content (AvgIpc) is 3.25. The number of para-hydroxylation sites is 3. The van der Waals surface area contributed by atoms with Gasteiger partial charge in [0, 0.05) is 13.0 Å². The van der Waals surface area contributed by atoms with E-state index in [4.69, 9.17) is 0 Å². The Labute approximate surface area is 151 Å². The van der Waals surface area contributed by atoms with E-state index >= 15 is 0 Å². The number of rotatable bonds is 5. The maximum Gasteiger partial charge on any atom is 0.242 e. The summed E-state index contributed by atoms with van der Waals surface area (Å²) >= 11 is 0. The lowest BCUT2D eigenvalue weighted by molar-refractivity contribution is -0.123. The third kappa shape index (κ3) is 2.94. The highest BCUT2D eigenvalue weighted by Crippen LogP contribution is 2.18. The number of imidazole rings is 2. The molecule has 2 aromatic carbocycles. The van der Waals surface area contributed by atoms with Crippen molar-refractivity contribution < 1.29 is 4.79 Å². The minimum Gasteiger partial charge on any atom is -0.354 e. The van der Waals surface area contributed by atoms with Crippen molar-refractivity contribution in [2.45, 2.75) is 26.3 Å². The Morgan fingerprint density at radius 1 is 1.23 bits per heavy atom. The molecular weight excluding hydrogens is 326 g/mol. The molecule has 1 unspecified atom stereocenters. The fraction of sp³-hybridized carbons (Fsp3) is 0.250. The van der Waals surface area contributed by atoms with Gasteiger partial charge in [-0.3, -0.25) is 4.79 Å². The van der Waals surface area contributed by atoms with E-state index in [2.05, 4.69) is 20.3 Å². The SMILES string of the molecule is Cc1cccc2[nH]c(CCNC(=O)C(C)n3cnc4ccccc43)nc12. The summed E-state index contributed by atoms with van der Waals surface area (Å²) in [6, 6.07) is 13.6. The molecule has 6 nitrogen and oxygen atoms in total. The second-order valence-corrected chi connectivity index (χ2v) is 6.51. The summed E-state index contributed by atoms with van der Waals surface area (Å²) in [7, 11) is 0. The zero-order chi connectivity index (χ0) is 18.1. The van der Waals surface area contributed by atoms with E-state index < -0.39 is 0 Å². The molecule has 2 N–H and O–H groups in total. The number of nitrogens with zero attached hydrogens (tertiary/aromatic N) is 3. The largest absolute Gasteiger partial charge is 0.354 e. The van der Waals surface area contributed by atoms with Crippen molar-refractivity contribution in [3.63, 3.8) is 0 Å². The van der Waals surface area contributed by atoms with Gasteiger partial charge in [-0.2, -0.15) is 0 Å². The molecule has 2 heterocycles. The molecule has 4 aromatic rings. The number of aromatic nitrogens is 4. The summed E-state index contributed by atoms with van der Waals surface area (Å²) in [5.41, 5.74) is 5.03. The summed E-state index contributed by atoms with van der Waals surface area (Å²) in [6.07, 6.45) is 2.38. The summed E-state index contributed by atoms with van der Waals surface area (Å²) in [4.78, 5) is 24.8. The van der Waals surface area contributed by atoms with Gasteiger partial charge in [-0.25, -0.2) is 9.97 Å². The predicted octanol–water partition coefficient (Wildman–Crippen LogP) is 3.14. The lowest BCUT2D eigenvalue weighted by Gasteiger charge is -2.14. The van der Waals surface area contributed by atoms with Crippen LogP contribution in [-0.4, -0.2) is 32.0 Å². The Hall–Kier alpha value is -3.15. The molecule has 0 aliphatic rings. The quantitative estimate of drug-likeness (QED) is 0.582. The van der Waals surface area contributed by atoms with Crippen LogP contribution in [0.3, 0.4) is 0 Å². The van der Waals surface area contributed by atoms with Crippen LogP contribution in [0.15, 0.2) is 48.8 Å². The summed E-state index contributed by atoms with van der Waals surface area (Å²) in [5.74, 6) is 0.857. The highest BCUT2D eigenvalue weighted by Gasteiger charge is 2.16. The Balaban J connectivity index is 1.41. The molecule has 0 spiro atoms. The van der Waals surface area contributed by atoms with Gasteiger partial charge in [-0.1, -0.05) is 24.3 Å². The molecule has 1 amide bonds. The van der Waals surface area contributed by atoms with Crippen molar-refractivity contribution in [2.75, 3.05) is 6.54 Å². The first-order valence-corrected chi connectivity index (χ1v) is 8.77. The number of hydrogen-bond donors (Lipinski definition) is 2. The van der Waals surface area contributed by atoms with E-state index in [-0.39, 0.29) is 11.9 Å². The standard InChI is InChI=1S/C20H21N5O/c1-13-6-5-8-16-19(13)24-18(23-16)10-11-21-20(26)14(2)25-12-22-15-7-3-4-9-17(15)25/h3-9,12,14H,10-11H2,1-2H3,(H,21,26)(H,23,24). The Kier molecular flexibility index (Phi) is 4.16. The monoisotopic (exact) mass is 347 g/mol. The smallest absolute Gasteiger partial charge is 0.242 e. The van der Waals surface area contributed by atoms with E-state index in [1.54, 1.807) is 6.33 Å². The second kappa shape index (κ2) is 6.63. The van der Waals surface area contributed by atoms with Crippen molar-refractivity contribution in [1.29, 1.82) is 0 Å². The fourth-order valence-corrected chi connectivity index (χ4v) is 3.21. The zero-order valence-electron chi connectivity index (χ0n) is 14.9. The van der Waals surface area contributed by atoms with E-state index in [1.807, 2.05) is 60.9 Å². The molecule has 2 aromatic heterocycles. The van der Waals surface area contributed by atoms with Crippen LogP contribution in [0.1, 0.15) is 24.4 Å². The van der Waals surface area contributed by atoms with Crippen molar-refractivity contribution in [3.8, 4) is 0 Å². The fourth-order valence-electron chi connectivity index (χ4n) is 3.21. The van der Waals surface area contributed by atoms with Crippen molar-refractivity contribution >= 4 is 28.0 Å². The summed E-state index contributed by atoms with van der Waals surface area (Å²) in [6.45, 7) is 4.47. The van der Waals surface area contributed by atoms with Crippen molar-refractivity contribution in [2.24, 2.45) is 0 Å². The van der Waals surface area contributed by atoms with Crippen LogP contribution < -0.4 is 5.32 Å².